The molecule has 1 saturated heterocycles. The molecule has 1 aliphatic heterocycles. The molecular weight excluding hydrogens is 260 g/mol. The lowest BCUT2D eigenvalue weighted by Gasteiger charge is -2.19. The number of likely N-dealkylation sites (tertiary alicyclic amines) is 1. The molecule has 104 valence electrons. The first-order chi connectivity index (χ1) is 9.25. The zero-order valence-corrected chi connectivity index (χ0v) is 11.9. The number of carbonyl (C=O) groups excluding carboxylic acids is 2. The molecule has 4 nitrogen and oxygen atoms in total. The number of rotatable bonds is 5. The summed E-state index contributed by atoms with van der Waals surface area (Å²) in [6.45, 7) is 1.57. The highest BCUT2D eigenvalue weighted by Crippen LogP contribution is 2.11. The van der Waals surface area contributed by atoms with E-state index >= 15 is 0 Å². The maximum atomic E-state index is 11.8. The average Bonchev–Trinajstić information content (AvgIpc) is 2.82. The molecule has 0 aromatic carbocycles. The first-order valence-corrected chi connectivity index (χ1v) is 7.70. The normalized spacial score (nSPS) is 16.2. The van der Waals surface area contributed by atoms with Crippen LogP contribution in [0.4, 0.5) is 0 Å². The van der Waals surface area contributed by atoms with E-state index in [2.05, 4.69) is 11.4 Å². The molecule has 2 heterocycles. The Hall–Kier alpha value is -1.36. The molecule has 0 atom stereocenters. The van der Waals surface area contributed by atoms with Crippen LogP contribution in [0.25, 0.3) is 0 Å². The highest BCUT2D eigenvalue weighted by Gasteiger charge is 2.18. The van der Waals surface area contributed by atoms with E-state index in [0.29, 0.717) is 13.0 Å². The maximum Gasteiger partial charge on any atom is 0.239 e. The van der Waals surface area contributed by atoms with Crippen molar-refractivity contribution in [3.8, 4) is 0 Å². The summed E-state index contributed by atoms with van der Waals surface area (Å²) >= 11 is 1.70. The van der Waals surface area contributed by atoms with Gasteiger partial charge in [0.2, 0.25) is 11.8 Å². The summed E-state index contributed by atoms with van der Waals surface area (Å²) in [6.07, 6.45) is 4.49. The molecule has 2 amide bonds. The molecule has 0 aliphatic carbocycles. The summed E-state index contributed by atoms with van der Waals surface area (Å²) in [5.74, 6) is 0.0673. The van der Waals surface area contributed by atoms with Crippen LogP contribution < -0.4 is 5.32 Å². The van der Waals surface area contributed by atoms with E-state index < -0.39 is 0 Å². The molecule has 0 unspecified atom stereocenters. The van der Waals surface area contributed by atoms with Crippen LogP contribution in [0.15, 0.2) is 17.5 Å². The Morgan fingerprint density at radius 1 is 1.37 bits per heavy atom. The minimum Gasteiger partial charge on any atom is -0.354 e. The molecule has 0 spiro atoms. The van der Waals surface area contributed by atoms with E-state index in [9.17, 15) is 9.59 Å². The minimum absolute atomic E-state index is 0.0493. The molecule has 0 saturated carbocycles. The number of hydrogen-bond acceptors (Lipinski definition) is 3. The second kappa shape index (κ2) is 7.28. The number of hydrogen-bond donors (Lipinski definition) is 1. The van der Waals surface area contributed by atoms with Gasteiger partial charge in [-0.15, -0.1) is 11.3 Å². The Balaban J connectivity index is 1.69. The topological polar surface area (TPSA) is 49.4 Å². The maximum absolute atomic E-state index is 11.8. The van der Waals surface area contributed by atoms with Gasteiger partial charge in [-0.2, -0.15) is 0 Å². The number of amides is 2. The Morgan fingerprint density at radius 3 is 3.05 bits per heavy atom. The van der Waals surface area contributed by atoms with Crippen molar-refractivity contribution in [2.75, 3.05) is 19.6 Å². The predicted octanol–water partition coefficient (Wildman–Crippen LogP) is 1.81. The Bertz CT molecular complexity index is 417. The fourth-order valence-corrected chi connectivity index (χ4v) is 2.92. The van der Waals surface area contributed by atoms with Crippen LogP contribution in [0.2, 0.25) is 0 Å². The van der Waals surface area contributed by atoms with E-state index in [4.69, 9.17) is 0 Å². The number of nitrogens with one attached hydrogen (secondary N) is 1. The van der Waals surface area contributed by atoms with E-state index in [1.54, 1.807) is 16.2 Å². The van der Waals surface area contributed by atoms with Gasteiger partial charge in [0.1, 0.15) is 0 Å². The van der Waals surface area contributed by atoms with Gasteiger partial charge in [-0.1, -0.05) is 12.5 Å². The predicted molar refractivity (Wildman–Crippen MR) is 76.1 cm³/mol. The molecule has 1 aromatic heterocycles. The molecule has 2 rings (SSSR count). The van der Waals surface area contributed by atoms with Crippen LogP contribution in [0.3, 0.4) is 0 Å². The van der Waals surface area contributed by atoms with Crippen LogP contribution in [-0.4, -0.2) is 36.3 Å². The molecule has 0 radical (unpaired) electrons. The second-order valence-electron chi connectivity index (χ2n) is 4.81. The molecule has 1 N–H and O–H groups in total. The molecule has 5 heteroatoms. The van der Waals surface area contributed by atoms with Crippen LogP contribution in [0.1, 0.15) is 30.6 Å². The molecular formula is C14H20N2O2S. The molecule has 1 aromatic rings. The summed E-state index contributed by atoms with van der Waals surface area (Å²) in [5.41, 5.74) is 0. The SMILES string of the molecule is O=C(CN1CCCCCC1=O)NCCc1cccs1. The highest BCUT2D eigenvalue weighted by molar-refractivity contribution is 7.09. The van der Waals surface area contributed by atoms with E-state index in [0.717, 1.165) is 32.2 Å². The van der Waals surface area contributed by atoms with Crippen molar-refractivity contribution in [1.82, 2.24) is 10.2 Å². The van der Waals surface area contributed by atoms with Crippen LogP contribution in [0.5, 0.6) is 0 Å². The van der Waals surface area contributed by atoms with Gasteiger partial charge < -0.3 is 10.2 Å². The summed E-state index contributed by atoms with van der Waals surface area (Å²) in [7, 11) is 0. The van der Waals surface area contributed by atoms with Crippen molar-refractivity contribution in [1.29, 1.82) is 0 Å². The summed E-state index contributed by atoms with van der Waals surface area (Å²) in [6, 6.07) is 4.08. The van der Waals surface area contributed by atoms with Crippen molar-refractivity contribution in [3.63, 3.8) is 0 Å². The molecule has 19 heavy (non-hydrogen) atoms. The van der Waals surface area contributed by atoms with E-state index in [1.165, 1.54) is 4.88 Å². The lowest BCUT2D eigenvalue weighted by Crippen LogP contribution is -2.40. The number of thiophene rings is 1. The van der Waals surface area contributed by atoms with Crippen molar-refractivity contribution < 1.29 is 9.59 Å². The van der Waals surface area contributed by atoms with Gasteiger partial charge in [-0.05, 0) is 30.7 Å². The van der Waals surface area contributed by atoms with Gasteiger partial charge in [0.05, 0.1) is 6.54 Å². The Labute approximate surface area is 117 Å². The lowest BCUT2D eigenvalue weighted by atomic mass is 10.2. The summed E-state index contributed by atoms with van der Waals surface area (Å²) < 4.78 is 0. The first kappa shape index (κ1) is 14.1. The molecule has 0 bridgehead atoms. The van der Waals surface area contributed by atoms with Crippen molar-refractivity contribution in [2.24, 2.45) is 0 Å². The zero-order valence-electron chi connectivity index (χ0n) is 11.1. The fraction of sp³-hybridized carbons (Fsp3) is 0.571. The van der Waals surface area contributed by atoms with Crippen LogP contribution >= 0.6 is 11.3 Å². The number of nitrogens with zero attached hydrogens (tertiary/aromatic N) is 1. The van der Waals surface area contributed by atoms with Gasteiger partial charge >= 0.3 is 0 Å². The van der Waals surface area contributed by atoms with E-state index in [1.807, 2.05) is 11.4 Å². The van der Waals surface area contributed by atoms with Gasteiger partial charge in [0.15, 0.2) is 0 Å². The van der Waals surface area contributed by atoms with E-state index in [-0.39, 0.29) is 18.4 Å². The third kappa shape index (κ3) is 4.67. The summed E-state index contributed by atoms with van der Waals surface area (Å²) in [5, 5.41) is 4.92. The largest absolute Gasteiger partial charge is 0.354 e. The third-order valence-corrected chi connectivity index (χ3v) is 4.22. The van der Waals surface area contributed by atoms with Crippen molar-refractivity contribution >= 4 is 23.2 Å². The fourth-order valence-electron chi connectivity index (χ4n) is 2.21. The zero-order chi connectivity index (χ0) is 13.5. The lowest BCUT2D eigenvalue weighted by molar-refractivity contribution is -0.135. The Morgan fingerprint density at radius 2 is 2.26 bits per heavy atom. The van der Waals surface area contributed by atoms with Crippen molar-refractivity contribution in [2.45, 2.75) is 32.1 Å². The smallest absolute Gasteiger partial charge is 0.239 e. The number of carbonyl (C=O) groups is 2. The molecule has 1 fully saturated rings. The second-order valence-corrected chi connectivity index (χ2v) is 5.84. The van der Waals surface area contributed by atoms with Gasteiger partial charge in [0, 0.05) is 24.4 Å². The Kier molecular flexibility index (Phi) is 5.39. The highest BCUT2D eigenvalue weighted by atomic mass is 32.1. The van der Waals surface area contributed by atoms with Crippen LogP contribution in [-0.2, 0) is 16.0 Å². The molecule has 1 aliphatic rings. The average molecular weight is 280 g/mol. The van der Waals surface area contributed by atoms with Gasteiger partial charge in [0.25, 0.3) is 0 Å². The van der Waals surface area contributed by atoms with Gasteiger partial charge in [-0.25, -0.2) is 0 Å². The van der Waals surface area contributed by atoms with Crippen molar-refractivity contribution in [3.05, 3.63) is 22.4 Å². The standard InChI is InChI=1S/C14H20N2O2S/c17-13(15-8-7-12-5-4-10-19-12)11-16-9-3-1-2-6-14(16)18/h4-5,10H,1-3,6-9,11H2,(H,15,17). The first-order valence-electron chi connectivity index (χ1n) is 6.82. The third-order valence-electron chi connectivity index (χ3n) is 3.28. The summed E-state index contributed by atoms with van der Waals surface area (Å²) in [4.78, 5) is 26.5. The van der Waals surface area contributed by atoms with Gasteiger partial charge in [-0.3, -0.25) is 9.59 Å². The van der Waals surface area contributed by atoms with Crippen LogP contribution in [0, 0.1) is 0 Å². The monoisotopic (exact) mass is 280 g/mol. The minimum atomic E-state index is -0.0493. The quantitative estimate of drug-likeness (QED) is 0.894.